The van der Waals surface area contributed by atoms with Gasteiger partial charge in [-0.3, -0.25) is 14.7 Å². The van der Waals surface area contributed by atoms with Gasteiger partial charge in [-0.1, -0.05) is 6.07 Å². The third-order valence-electron chi connectivity index (χ3n) is 5.28. The summed E-state index contributed by atoms with van der Waals surface area (Å²) in [6.45, 7) is 4.87. The predicted octanol–water partition coefficient (Wildman–Crippen LogP) is 2.30. The first-order chi connectivity index (χ1) is 12.2. The Bertz CT molecular complexity index is 707. The van der Waals surface area contributed by atoms with Gasteiger partial charge in [0.05, 0.1) is 25.5 Å². The molecular weight excluding hydrogens is 334 g/mol. The Morgan fingerprint density at radius 2 is 2.40 bits per heavy atom. The summed E-state index contributed by atoms with van der Waals surface area (Å²) in [6, 6.07) is 7.93. The lowest BCUT2D eigenvalue weighted by Crippen LogP contribution is -2.37. The Morgan fingerprint density at radius 3 is 3.20 bits per heavy atom. The Balaban J connectivity index is 1.35. The van der Waals surface area contributed by atoms with Gasteiger partial charge in [0, 0.05) is 43.6 Å². The number of fused-ring (bicyclic) bond motifs is 1. The molecule has 1 N–H and O–H groups in total. The van der Waals surface area contributed by atoms with Crippen molar-refractivity contribution in [1.82, 2.24) is 15.2 Å². The summed E-state index contributed by atoms with van der Waals surface area (Å²) in [6.07, 6.45) is 2.28. The number of ether oxygens (including phenoxy) is 1. The van der Waals surface area contributed by atoms with Crippen molar-refractivity contribution in [2.45, 2.75) is 19.5 Å². The Labute approximate surface area is 152 Å². The highest BCUT2D eigenvalue weighted by Crippen LogP contribution is 2.44. The summed E-state index contributed by atoms with van der Waals surface area (Å²) < 4.78 is 5.75. The number of hydrogen-bond acceptors (Lipinski definition) is 5. The van der Waals surface area contributed by atoms with Crippen LogP contribution in [0.2, 0.25) is 0 Å². The average Bonchev–Trinajstić information content (AvgIpc) is 3.31. The average molecular weight is 357 g/mol. The lowest BCUT2D eigenvalue weighted by Gasteiger charge is -2.26. The van der Waals surface area contributed by atoms with Gasteiger partial charge in [0.1, 0.15) is 0 Å². The van der Waals surface area contributed by atoms with Crippen molar-refractivity contribution in [2.24, 2.45) is 11.3 Å². The largest absolute Gasteiger partial charge is 0.380 e. The van der Waals surface area contributed by atoms with E-state index in [0.717, 1.165) is 31.9 Å². The monoisotopic (exact) mass is 357 g/mol. The molecular formula is C19H23N3O2S. The molecule has 0 bridgehead atoms. The molecule has 2 aromatic rings. The third-order valence-corrected chi connectivity index (χ3v) is 6.02. The van der Waals surface area contributed by atoms with E-state index in [1.54, 1.807) is 17.5 Å². The molecule has 0 saturated carbocycles. The number of carbonyl (C=O) groups excluding carboxylic acids is 1. The highest BCUT2D eigenvalue weighted by atomic mass is 32.1. The zero-order valence-corrected chi connectivity index (χ0v) is 15.0. The molecule has 2 aliphatic heterocycles. The maximum atomic E-state index is 12.5. The molecule has 4 heterocycles. The van der Waals surface area contributed by atoms with Gasteiger partial charge in [0.25, 0.3) is 0 Å². The van der Waals surface area contributed by atoms with E-state index in [4.69, 9.17) is 4.74 Å². The van der Waals surface area contributed by atoms with Gasteiger partial charge in [-0.15, -0.1) is 0 Å². The van der Waals surface area contributed by atoms with Crippen LogP contribution >= 0.6 is 11.3 Å². The van der Waals surface area contributed by atoms with Gasteiger partial charge < -0.3 is 10.1 Å². The Kier molecular flexibility index (Phi) is 4.83. The maximum Gasteiger partial charge on any atom is 0.221 e. The number of aromatic nitrogens is 1. The van der Waals surface area contributed by atoms with E-state index in [9.17, 15) is 4.79 Å². The van der Waals surface area contributed by atoms with Crippen molar-refractivity contribution in [3.8, 4) is 0 Å². The van der Waals surface area contributed by atoms with E-state index in [0.29, 0.717) is 25.5 Å². The molecule has 0 radical (unpaired) electrons. The minimum atomic E-state index is -0.0375. The molecule has 2 saturated heterocycles. The van der Waals surface area contributed by atoms with Gasteiger partial charge >= 0.3 is 0 Å². The quantitative estimate of drug-likeness (QED) is 0.862. The van der Waals surface area contributed by atoms with E-state index in [1.165, 1.54) is 5.56 Å². The van der Waals surface area contributed by atoms with Crippen LogP contribution in [0.1, 0.15) is 17.7 Å². The smallest absolute Gasteiger partial charge is 0.221 e. The van der Waals surface area contributed by atoms with Crippen molar-refractivity contribution >= 4 is 17.2 Å². The zero-order chi connectivity index (χ0) is 17.1. The Morgan fingerprint density at radius 1 is 1.44 bits per heavy atom. The van der Waals surface area contributed by atoms with Gasteiger partial charge in [0.15, 0.2) is 0 Å². The predicted molar refractivity (Wildman–Crippen MR) is 97.0 cm³/mol. The number of nitrogens with one attached hydrogen (secondary N) is 1. The molecule has 25 heavy (non-hydrogen) atoms. The first-order valence-electron chi connectivity index (χ1n) is 8.71. The van der Waals surface area contributed by atoms with E-state index in [-0.39, 0.29) is 11.3 Å². The van der Waals surface area contributed by atoms with Crippen molar-refractivity contribution < 1.29 is 9.53 Å². The molecule has 5 nitrogen and oxygen atoms in total. The van der Waals surface area contributed by atoms with E-state index in [1.807, 2.05) is 18.2 Å². The molecule has 132 valence electrons. The van der Waals surface area contributed by atoms with Crippen LogP contribution in [0.15, 0.2) is 41.2 Å². The van der Waals surface area contributed by atoms with Crippen LogP contribution < -0.4 is 5.32 Å². The molecule has 0 aliphatic carbocycles. The first-order valence-corrected chi connectivity index (χ1v) is 9.66. The summed E-state index contributed by atoms with van der Waals surface area (Å²) in [5.41, 5.74) is 2.21. The van der Waals surface area contributed by atoms with Crippen LogP contribution in [0, 0.1) is 11.3 Å². The van der Waals surface area contributed by atoms with Gasteiger partial charge in [0.2, 0.25) is 5.91 Å². The number of pyridine rings is 1. The molecule has 0 unspecified atom stereocenters. The van der Waals surface area contributed by atoms with Crippen molar-refractivity contribution in [1.29, 1.82) is 0 Å². The number of hydrogen-bond donors (Lipinski definition) is 1. The minimum absolute atomic E-state index is 0.0375. The highest BCUT2D eigenvalue weighted by Gasteiger charge is 2.51. The minimum Gasteiger partial charge on any atom is -0.380 e. The maximum absolute atomic E-state index is 12.5. The second-order valence-corrected chi connectivity index (χ2v) is 7.93. The van der Waals surface area contributed by atoms with Crippen LogP contribution in [-0.2, 0) is 22.6 Å². The topological polar surface area (TPSA) is 54.5 Å². The summed E-state index contributed by atoms with van der Waals surface area (Å²) >= 11 is 1.74. The summed E-state index contributed by atoms with van der Waals surface area (Å²) in [5.74, 6) is 0.547. The van der Waals surface area contributed by atoms with Crippen LogP contribution in [-0.4, -0.2) is 42.1 Å². The summed E-state index contributed by atoms with van der Waals surface area (Å²) in [7, 11) is 0. The van der Waals surface area contributed by atoms with E-state index < -0.39 is 0 Å². The standard InChI is InChI=1S/C19H23N3O2S/c23-18(21-8-17-3-1-2-5-20-17)7-19-13-22(9-15-4-6-25-12-15)10-16(19)11-24-14-19/h1-6,12,16H,7-11,13-14H2,(H,21,23)/t16-,19+/m1/s1. The van der Waals surface area contributed by atoms with E-state index >= 15 is 0 Å². The third kappa shape index (κ3) is 3.76. The van der Waals surface area contributed by atoms with Crippen LogP contribution in [0.5, 0.6) is 0 Å². The number of nitrogens with zero attached hydrogens (tertiary/aromatic N) is 2. The van der Waals surface area contributed by atoms with Crippen LogP contribution in [0.4, 0.5) is 0 Å². The highest BCUT2D eigenvalue weighted by molar-refractivity contribution is 7.07. The van der Waals surface area contributed by atoms with E-state index in [2.05, 4.69) is 32.0 Å². The fraction of sp³-hybridized carbons (Fsp3) is 0.474. The van der Waals surface area contributed by atoms with Crippen molar-refractivity contribution in [3.05, 3.63) is 52.5 Å². The molecule has 6 heteroatoms. The van der Waals surface area contributed by atoms with Crippen LogP contribution in [0.3, 0.4) is 0 Å². The number of amides is 1. The molecule has 2 atom stereocenters. The molecule has 2 aromatic heterocycles. The second-order valence-electron chi connectivity index (χ2n) is 7.15. The second kappa shape index (κ2) is 7.23. The summed E-state index contributed by atoms with van der Waals surface area (Å²) in [4.78, 5) is 19.3. The van der Waals surface area contributed by atoms with Crippen molar-refractivity contribution in [2.75, 3.05) is 26.3 Å². The molecule has 1 amide bonds. The fourth-order valence-corrected chi connectivity index (χ4v) is 4.69. The SMILES string of the molecule is O=C(C[C@]12COC[C@H]1CN(Cc1ccsc1)C2)NCc1ccccn1. The number of thiophene rings is 1. The fourth-order valence-electron chi connectivity index (χ4n) is 4.03. The molecule has 2 fully saturated rings. The molecule has 0 spiro atoms. The van der Waals surface area contributed by atoms with Gasteiger partial charge in [-0.2, -0.15) is 11.3 Å². The lowest BCUT2D eigenvalue weighted by atomic mass is 9.78. The summed E-state index contributed by atoms with van der Waals surface area (Å²) in [5, 5.41) is 7.35. The number of rotatable bonds is 6. The number of likely N-dealkylation sites (tertiary alicyclic amines) is 1. The van der Waals surface area contributed by atoms with Gasteiger partial charge in [-0.05, 0) is 34.5 Å². The number of carbonyl (C=O) groups is 1. The van der Waals surface area contributed by atoms with Crippen LogP contribution in [0.25, 0.3) is 0 Å². The Hall–Kier alpha value is -1.76. The molecule has 0 aromatic carbocycles. The first kappa shape index (κ1) is 16.7. The van der Waals surface area contributed by atoms with Gasteiger partial charge in [-0.25, -0.2) is 0 Å². The molecule has 2 aliphatic rings. The molecule has 4 rings (SSSR count). The van der Waals surface area contributed by atoms with Crippen molar-refractivity contribution in [3.63, 3.8) is 0 Å². The lowest BCUT2D eigenvalue weighted by molar-refractivity contribution is -0.123. The normalized spacial score (nSPS) is 25.8. The zero-order valence-electron chi connectivity index (χ0n) is 14.2.